The molecule has 22 heavy (non-hydrogen) atoms. The van der Waals surface area contributed by atoms with E-state index in [0.717, 1.165) is 0 Å². The number of fused-ring (bicyclic) bond motifs is 1. The molecule has 112 valence electrons. The van der Waals surface area contributed by atoms with Crippen LogP contribution < -0.4 is 0 Å². The lowest BCUT2D eigenvalue weighted by Crippen LogP contribution is -2.03. The summed E-state index contributed by atoms with van der Waals surface area (Å²) in [5.41, 5.74) is 2.19. The zero-order valence-electron chi connectivity index (χ0n) is 11.6. The second-order valence-corrected chi connectivity index (χ2v) is 5.39. The lowest BCUT2D eigenvalue weighted by molar-refractivity contribution is 0.0526. The standard InChI is InChI=1S/C16H11Cl2NO3/c1-2-21-16(20)9-3-6-14-13(7-9)19-15(22-14)11-5-4-10(17)8-12(11)18/h3-8H,2H2,1H3. The van der Waals surface area contributed by atoms with Crippen molar-refractivity contribution in [1.82, 2.24) is 4.98 Å². The highest BCUT2D eigenvalue weighted by Crippen LogP contribution is 2.32. The van der Waals surface area contributed by atoms with Crippen molar-refractivity contribution in [2.75, 3.05) is 6.61 Å². The molecule has 3 aromatic rings. The highest BCUT2D eigenvalue weighted by Gasteiger charge is 2.14. The van der Waals surface area contributed by atoms with Crippen molar-refractivity contribution in [3.63, 3.8) is 0 Å². The smallest absolute Gasteiger partial charge is 0.338 e. The number of rotatable bonds is 3. The van der Waals surface area contributed by atoms with E-state index in [1.165, 1.54) is 0 Å². The van der Waals surface area contributed by atoms with Crippen LogP contribution in [0.3, 0.4) is 0 Å². The quantitative estimate of drug-likeness (QED) is 0.633. The highest BCUT2D eigenvalue weighted by molar-refractivity contribution is 6.36. The first-order chi connectivity index (χ1) is 10.6. The molecular weight excluding hydrogens is 325 g/mol. The Morgan fingerprint density at radius 3 is 2.77 bits per heavy atom. The Hall–Kier alpha value is -2.04. The van der Waals surface area contributed by atoms with Gasteiger partial charge in [-0.2, -0.15) is 0 Å². The van der Waals surface area contributed by atoms with Gasteiger partial charge in [0.2, 0.25) is 5.89 Å². The van der Waals surface area contributed by atoms with E-state index in [1.807, 2.05) is 0 Å². The van der Waals surface area contributed by atoms with Crippen molar-refractivity contribution in [2.24, 2.45) is 0 Å². The molecular formula is C16H11Cl2NO3. The van der Waals surface area contributed by atoms with E-state index >= 15 is 0 Å². The summed E-state index contributed by atoms with van der Waals surface area (Å²) >= 11 is 12.0. The molecule has 0 bridgehead atoms. The number of ether oxygens (including phenoxy) is 1. The number of halogens is 2. The third-order valence-electron chi connectivity index (χ3n) is 3.06. The maximum Gasteiger partial charge on any atom is 0.338 e. The van der Waals surface area contributed by atoms with Gasteiger partial charge in [-0.1, -0.05) is 23.2 Å². The van der Waals surface area contributed by atoms with Crippen LogP contribution in [0.5, 0.6) is 0 Å². The minimum absolute atomic E-state index is 0.321. The zero-order valence-corrected chi connectivity index (χ0v) is 13.1. The van der Waals surface area contributed by atoms with E-state index in [4.69, 9.17) is 32.4 Å². The van der Waals surface area contributed by atoms with Gasteiger partial charge in [0, 0.05) is 5.02 Å². The van der Waals surface area contributed by atoms with Crippen LogP contribution in [-0.2, 0) is 4.74 Å². The third-order valence-corrected chi connectivity index (χ3v) is 3.61. The molecule has 6 heteroatoms. The summed E-state index contributed by atoms with van der Waals surface area (Å²) in [6.07, 6.45) is 0. The molecule has 0 N–H and O–H groups in total. The monoisotopic (exact) mass is 335 g/mol. The Balaban J connectivity index is 2.04. The van der Waals surface area contributed by atoms with Crippen LogP contribution in [-0.4, -0.2) is 17.6 Å². The van der Waals surface area contributed by atoms with E-state index < -0.39 is 5.97 Å². The Kier molecular flexibility index (Phi) is 4.05. The molecule has 1 heterocycles. The van der Waals surface area contributed by atoms with E-state index in [2.05, 4.69) is 4.98 Å². The van der Waals surface area contributed by atoms with E-state index in [-0.39, 0.29) is 0 Å². The zero-order chi connectivity index (χ0) is 15.7. The van der Waals surface area contributed by atoms with Crippen molar-refractivity contribution >= 4 is 40.3 Å². The molecule has 0 radical (unpaired) electrons. The second kappa shape index (κ2) is 5.99. The molecule has 0 spiro atoms. The van der Waals surface area contributed by atoms with Gasteiger partial charge in [-0.3, -0.25) is 0 Å². The fraction of sp³-hybridized carbons (Fsp3) is 0.125. The van der Waals surface area contributed by atoms with Gasteiger partial charge >= 0.3 is 5.97 Å². The molecule has 0 amide bonds. The molecule has 0 aliphatic carbocycles. The Bertz CT molecular complexity index is 858. The number of benzene rings is 2. The van der Waals surface area contributed by atoms with Crippen LogP contribution in [0.1, 0.15) is 17.3 Å². The van der Waals surface area contributed by atoms with Crippen LogP contribution in [0, 0.1) is 0 Å². The van der Waals surface area contributed by atoms with Crippen LogP contribution in [0.2, 0.25) is 10.0 Å². The molecule has 0 saturated heterocycles. The van der Waals surface area contributed by atoms with Gasteiger partial charge in [0.1, 0.15) is 5.52 Å². The Morgan fingerprint density at radius 2 is 2.05 bits per heavy atom. The summed E-state index contributed by atoms with van der Waals surface area (Å²) in [6, 6.07) is 10.0. The van der Waals surface area contributed by atoms with Crippen LogP contribution in [0.4, 0.5) is 0 Å². The van der Waals surface area contributed by atoms with Crippen molar-refractivity contribution < 1.29 is 13.9 Å². The first-order valence-electron chi connectivity index (χ1n) is 6.61. The summed E-state index contributed by atoms with van der Waals surface area (Å²) in [5.74, 6) is -0.0175. The fourth-order valence-corrected chi connectivity index (χ4v) is 2.54. The number of carbonyl (C=O) groups excluding carboxylic acids is 1. The Labute approximate surface area is 136 Å². The van der Waals surface area contributed by atoms with E-state index in [1.54, 1.807) is 43.3 Å². The number of oxazole rings is 1. The second-order valence-electron chi connectivity index (χ2n) is 4.55. The normalized spacial score (nSPS) is 10.9. The molecule has 2 aromatic carbocycles. The largest absolute Gasteiger partial charge is 0.462 e. The van der Waals surface area contributed by atoms with Gasteiger partial charge in [0.25, 0.3) is 0 Å². The summed E-state index contributed by atoms with van der Waals surface area (Å²) in [4.78, 5) is 16.1. The van der Waals surface area contributed by atoms with Gasteiger partial charge in [-0.25, -0.2) is 9.78 Å². The topological polar surface area (TPSA) is 52.3 Å². The number of aromatic nitrogens is 1. The number of esters is 1. The van der Waals surface area contributed by atoms with Crippen LogP contribution >= 0.6 is 23.2 Å². The average molecular weight is 336 g/mol. The van der Waals surface area contributed by atoms with Crippen molar-refractivity contribution in [1.29, 1.82) is 0 Å². The first-order valence-corrected chi connectivity index (χ1v) is 7.37. The molecule has 0 aliphatic rings. The summed E-state index contributed by atoms with van der Waals surface area (Å²) < 4.78 is 10.6. The molecule has 0 fully saturated rings. The van der Waals surface area contributed by atoms with Crippen molar-refractivity contribution in [3.8, 4) is 11.5 Å². The van der Waals surface area contributed by atoms with Gasteiger partial charge in [-0.15, -0.1) is 0 Å². The van der Waals surface area contributed by atoms with Gasteiger partial charge in [0.15, 0.2) is 5.58 Å². The summed E-state index contributed by atoms with van der Waals surface area (Å²) in [5, 5.41) is 0.985. The lowest BCUT2D eigenvalue weighted by Gasteiger charge is -2.00. The van der Waals surface area contributed by atoms with E-state index in [0.29, 0.717) is 44.8 Å². The van der Waals surface area contributed by atoms with Gasteiger partial charge < -0.3 is 9.15 Å². The summed E-state index contributed by atoms with van der Waals surface area (Å²) in [6.45, 7) is 2.08. The van der Waals surface area contributed by atoms with Crippen LogP contribution in [0.25, 0.3) is 22.6 Å². The fourth-order valence-electron chi connectivity index (χ4n) is 2.05. The van der Waals surface area contributed by atoms with Crippen molar-refractivity contribution in [2.45, 2.75) is 6.92 Å². The van der Waals surface area contributed by atoms with Gasteiger partial charge in [0.05, 0.1) is 22.8 Å². The third kappa shape index (κ3) is 2.80. The predicted octanol–water partition coefficient (Wildman–Crippen LogP) is 4.98. The molecule has 0 saturated carbocycles. The molecule has 4 nitrogen and oxygen atoms in total. The average Bonchev–Trinajstić information content (AvgIpc) is 2.89. The number of nitrogens with zero attached hydrogens (tertiary/aromatic N) is 1. The first kappa shape index (κ1) is 14.9. The Morgan fingerprint density at radius 1 is 1.23 bits per heavy atom. The minimum Gasteiger partial charge on any atom is -0.462 e. The lowest BCUT2D eigenvalue weighted by atomic mass is 10.2. The highest BCUT2D eigenvalue weighted by atomic mass is 35.5. The molecule has 1 aromatic heterocycles. The molecule has 0 aliphatic heterocycles. The predicted molar refractivity (Wildman–Crippen MR) is 85.4 cm³/mol. The summed E-state index contributed by atoms with van der Waals surface area (Å²) in [7, 11) is 0. The van der Waals surface area contributed by atoms with Gasteiger partial charge in [-0.05, 0) is 43.3 Å². The number of hydrogen-bond acceptors (Lipinski definition) is 4. The molecule has 0 atom stereocenters. The minimum atomic E-state index is -0.390. The molecule has 3 rings (SSSR count). The number of carbonyl (C=O) groups is 1. The maximum atomic E-state index is 11.7. The van der Waals surface area contributed by atoms with Crippen LogP contribution in [0.15, 0.2) is 40.8 Å². The van der Waals surface area contributed by atoms with Crippen molar-refractivity contribution in [3.05, 3.63) is 52.0 Å². The maximum absolute atomic E-state index is 11.7. The molecule has 0 unspecified atom stereocenters. The number of hydrogen-bond donors (Lipinski definition) is 0. The van der Waals surface area contributed by atoms with E-state index in [9.17, 15) is 4.79 Å². The SMILES string of the molecule is CCOC(=O)c1ccc2oc(-c3ccc(Cl)cc3Cl)nc2c1.